The molecule has 1 aromatic heterocycles. The second-order valence-electron chi connectivity index (χ2n) is 6.23. The normalized spacial score (nSPS) is 11.9. The van der Waals surface area contributed by atoms with E-state index in [1.807, 2.05) is 5.32 Å². The van der Waals surface area contributed by atoms with E-state index >= 15 is 0 Å². The lowest BCUT2D eigenvalue weighted by Gasteiger charge is -2.14. The molecule has 2 aromatic carbocycles. The Balaban J connectivity index is 1.76. The zero-order valence-corrected chi connectivity index (χ0v) is 15.2. The van der Waals surface area contributed by atoms with Crippen molar-refractivity contribution in [1.29, 1.82) is 0 Å². The van der Waals surface area contributed by atoms with Gasteiger partial charge in [0, 0.05) is 6.07 Å². The van der Waals surface area contributed by atoms with Crippen molar-refractivity contribution in [3.8, 4) is 0 Å². The lowest BCUT2D eigenvalue weighted by atomic mass is 10.1. The van der Waals surface area contributed by atoms with Crippen molar-refractivity contribution in [3.05, 3.63) is 75.4 Å². The maximum Gasteiger partial charge on any atom is 0.375 e. The van der Waals surface area contributed by atoms with Gasteiger partial charge in [-0.25, -0.2) is 18.0 Å². The van der Waals surface area contributed by atoms with Crippen molar-refractivity contribution in [2.45, 2.75) is 20.0 Å². The van der Waals surface area contributed by atoms with Crippen molar-refractivity contribution >= 4 is 28.5 Å². The SMILES string of the molecule is Cc1ccc2oc(C(=O)O[C@H](C)C(=O)Nc3ccc(F)c(F)c3F)cc(=O)c2c1. The zero-order chi connectivity index (χ0) is 21.3. The van der Waals surface area contributed by atoms with Crippen LogP contribution in [0.1, 0.15) is 23.0 Å². The maximum atomic E-state index is 13.6. The Hall–Kier alpha value is -3.62. The number of carbonyl (C=O) groups excluding carboxylic acids is 2. The van der Waals surface area contributed by atoms with Crippen LogP contribution >= 0.6 is 0 Å². The summed E-state index contributed by atoms with van der Waals surface area (Å²) in [6, 6.07) is 7.20. The van der Waals surface area contributed by atoms with Crippen molar-refractivity contribution < 1.29 is 31.9 Å². The highest BCUT2D eigenvalue weighted by Gasteiger charge is 2.23. The summed E-state index contributed by atoms with van der Waals surface area (Å²) in [4.78, 5) is 36.5. The van der Waals surface area contributed by atoms with Gasteiger partial charge in [-0.2, -0.15) is 0 Å². The predicted molar refractivity (Wildman–Crippen MR) is 97.0 cm³/mol. The van der Waals surface area contributed by atoms with Gasteiger partial charge in [0.1, 0.15) is 5.58 Å². The van der Waals surface area contributed by atoms with Gasteiger partial charge >= 0.3 is 5.97 Å². The van der Waals surface area contributed by atoms with Gasteiger partial charge in [-0.3, -0.25) is 9.59 Å². The zero-order valence-electron chi connectivity index (χ0n) is 15.2. The summed E-state index contributed by atoms with van der Waals surface area (Å²) in [5, 5.41) is 2.27. The van der Waals surface area contributed by atoms with E-state index in [2.05, 4.69) is 0 Å². The molecule has 0 unspecified atom stereocenters. The number of halogens is 3. The average Bonchev–Trinajstić information content (AvgIpc) is 2.68. The molecule has 150 valence electrons. The number of carbonyl (C=O) groups is 2. The van der Waals surface area contributed by atoms with Gasteiger partial charge in [0.2, 0.25) is 5.76 Å². The smallest absolute Gasteiger partial charge is 0.375 e. The molecule has 0 radical (unpaired) electrons. The van der Waals surface area contributed by atoms with E-state index in [9.17, 15) is 27.6 Å². The Morgan fingerprint density at radius 1 is 1.07 bits per heavy atom. The fourth-order valence-corrected chi connectivity index (χ4v) is 2.50. The van der Waals surface area contributed by atoms with Crippen LogP contribution in [0.15, 0.2) is 45.6 Å². The lowest BCUT2D eigenvalue weighted by molar-refractivity contribution is -0.123. The van der Waals surface area contributed by atoms with Gasteiger partial charge < -0.3 is 14.5 Å². The minimum Gasteiger partial charge on any atom is -0.449 e. The van der Waals surface area contributed by atoms with Crippen LogP contribution in [0.2, 0.25) is 0 Å². The van der Waals surface area contributed by atoms with Crippen LogP contribution in [0.25, 0.3) is 11.0 Å². The molecule has 0 aliphatic heterocycles. The molecule has 29 heavy (non-hydrogen) atoms. The summed E-state index contributed by atoms with van der Waals surface area (Å²) >= 11 is 0. The molecule has 0 fully saturated rings. The molecule has 3 aromatic rings. The Morgan fingerprint density at radius 2 is 1.79 bits per heavy atom. The molecule has 1 atom stereocenters. The first-order valence-corrected chi connectivity index (χ1v) is 8.37. The number of rotatable bonds is 4. The van der Waals surface area contributed by atoms with Gasteiger partial charge in [0.05, 0.1) is 11.1 Å². The number of amides is 1. The monoisotopic (exact) mass is 405 g/mol. The van der Waals surface area contributed by atoms with E-state index in [0.717, 1.165) is 17.7 Å². The molecule has 0 bridgehead atoms. The number of fused-ring (bicyclic) bond motifs is 1. The highest BCUT2D eigenvalue weighted by molar-refractivity contribution is 5.97. The molecule has 6 nitrogen and oxygen atoms in total. The summed E-state index contributed by atoms with van der Waals surface area (Å²) in [7, 11) is 0. The summed E-state index contributed by atoms with van der Waals surface area (Å²) in [5.41, 5.74) is -0.0989. The molecule has 1 heterocycles. The standard InChI is InChI=1S/C20H14F3NO5/c1-9-3-6-15-11(7-9)14(25)8-16(29-15)20(27)28-10(2)19(26)24-13-5-4-12(21)17(22)18(13)23/h3-8,10H,1-2H3,(H,24,26)/t10-/m1/s1. The Kier molecular flexibility index (Phi) is 5.40. The van der Waals surface area contributed by atoms with Crippen molar-refractivity contribution in [2.75, 3.05) is 5.32 Å². The van der Waals surface area contributed by atoms with Crippen LogP contribution in [0.3, 0.4) is 0 Å². The fraction of sp³-hybridized carbons (Fsp3) is 0.150. The predicted octanol–water partition coefficient (Wildman–Crippen LogP) is 3.70. The first-order chi connectivity index (χ1) is 13.7. The molecule has 0 spiro atoms. The fourth-order valence-electron chi connectivity index (χ4n) is 2.50. The number of hydrogen-bond acceptors (Lipinski definition) is 5. The summed E-state index contributed by atoms with van der Waals surface area (Å²) < 4.78 is 50.1. The number of esters is 1. The molecule has 1 amide bonds. The third kappa shape index (κ3) is 4.13. The molecular weight excluding hydrogens is 391 g/mol. The topological polar surface area (TPSA) is 85.6 Å². The first-order valence-electron chi connectivity index (χ1n) is 8.37. The minimum atomic E-state index is -1.75. The van der Waals surface area contributed by atoms with Crippen molar-refractivity contribution in [1.82, 2.24) is 0 Å². The van der Waals surface area contributed by atoms with Crippen LogP contribution in [0.4, 0.5) is 18.9 Å². The van der Waals surface area contributed by atoms with Crippen LogP contribution in [-0.4, -0.2) is 18.0 Å². The van der Waals surface area contributed by atoms with E-state index < -0.39 is 52.3 Å². The molecular formula is C20H14F3NO5. The lowest BCUT2D eigenvalue weighted by Crippen LogP contribution is -2.30. The van der Waals surface area contributed by atoms with E-state index in [-0.39, 0.29) is 11.0 Å². The molecule has 0 aliphatic rings. The van der Waals surface area contributed by atoms with Gasteiger partial charge in [-0.1, -0.05) is 11.6 Å². The van der Waals surface area contributed by atoms with Crippen LogP contribution in [0, 0.1) is 24.4 Å². The van der Waals surface area contributed by atoms with Crippen LogP contribution in [0.5, 0.6) is 0 Å². The molecule has 0 aliphatic carbocycles. The van der Waals surface area contributed by atoms with Gasteiger partial charge in [0.15, 0.2) is 29.0 Å². The quantitative estimate of drug-likeness (QED) is 0.528. The van der Waals surface area contributed by atoms with Crippen LogP contribution < -0.4 is 10.7 Å². The average molecular weight is 405 g/mol. The molecule has 0 saturated heterocycles. The molecule has 9 heteroatoms. The Labute approximate surface area is 161 Å². The van der Waals surface area contributed by atoms with Crippen LogP contribution in [-0.2, 0) is 9.53 Å². The summed E-state index contributed by atoms with van der Waals surface area (Å²) in [6.07, 6.45) is -1.45. The largest absolute Gasteiger partial charge is 0.449 e. The van der Waals surface area contributed by atoms with Gasteiger partial charge in [-0.15, -0.1) is 0 Å². The number of benzene rings is 2. The Bertz CT molecular complexity index is 1190. The molecule has 1 N–H and O–H groups in total. The number of ether oxygens (including phenoxy) is 1. The summed E-state index contributed by atoms with van der Waals surface area (Å²) in [6.45, 7) is 2.96. The summed E-state index contributed by atoms with van der Waals surface area (Å²) in [5.74, 6) is -7.28. The second-order valence-corrected chi connectivity index (χ2v) is 6.23. The van der Waals surface area contributed by atoms with E-state index in [1.165, 1.54) is 13.0 Å². The highest BCUT2D eigenvalue weighted by atomic mass is 19.2. The second kappa shape index (κ2) is 7.78. The van der Waals surface area contributed by atoms with Gasteiger partial charge in [-0.05, 0) is 38.1 Å². The highest BCUT2D eigenvalue weighted by Crippen LogP contribution is 2.20. The number of anilines is 1. The van der Waals surface area contributed by atoms with Crippen molar-refractivity contribution in [3.63, 3.8) is 0 Å². The van der Waals surface area contributed by atoms with E-state index in [1.54, 1.807) is 19.1 Å². The number of nitrogens with one attached hydrogen (secondary N) is 1. The third-order valence-corrected chi connectivity index (χ3v) is 4.03. The minimum absolute atomic E-state index is 0.163. The Morgan fingerprint density at radius 3 is 2.52 bits per heavy atom. The van der Waals surface area contributed by atoms with E-state index in [4.69, 9.17) is 9.15 Å². The van der Waals surface area contributed by atoms with E-state index in [0.29, 0.717) is 6.07 Å². The first kappa shape index (κ1) is 20.1. The maximum absolute atomic E-state index is 13.6. The van der Waals surface area contributed by atoms with Gasteiger partial charge in [0.25, 0.3) is 5.91 Å². The van der Waals surface area contributed by atoms with Crippen molar-refractivity contribution in [2.24, 2.45) is 0 Å². The number of hydrogen-bond donors (Lipinski definition) is 1. The third-order valence-electron chi connectivity index (χ3n) is 4.03. The molecule has 0 saturated carbocycles. The molecule has 3 rings (SSSR count). The number of aryl methyl sites for hydroxylation is 1.